The molecule has 1 aromatic rings. The van der Waals surface area contributed by atoms with E-state index < -0.39 is 0 Å². The smallest absolute Gasteiger partial charge is 0.236 e. The second-order valence-corrected chi connectivity index (χ2v) is 5.25. The number of rotatable bonds is 7. The van der Waals surface area contributed by atoms with Crippen LogP contribution < -0.4 is 10.6 Å². The average Bonchev–Trinajstić information content (AvgIpc) is 2.76. The van der Waals surface area contributed by atoms with Crippen molar-refractivity contribution in [1.82, 2.24) is 15.6 Å². The third-order valence-electron chi connectivity index (χ3n) is 2.58. The third kappa shape index (κ3) is 4.72. The Kier molecular flexibility index (Phi) is 6.24. The van der Waals surface area contributed by atoms with Gasteiger partial charge < -0.3 is 10.1 Å². The van der Waals surface area contributed by atoms with E-state index in [0.29, 0.717) is 13.2 Å². The zero-order valence-electron chi connectivity index (χ0n) is 11.3. The number of hydrogen-bond acceptors (Lipinski definition) is 5. The number of methoxy groups -OCH3 is 1. The van der Waals surface area contributed by atoms with Crippen LogP contribution in [-0.2, 0) is 9.53 Å². The number of ether oxygens (including phenoxy) is 1. The van der Waals surface area contributed by atoms with Gasteiger partial charge in [0.15, 0.2) is 0 Å². The Balaban J connectivity index is 2.39. The number of hydrogen-bond donors (Lipinski definition) is 2. The van der Waals surface area contributed by atoms with Crippen LogP contribution in [0.5, 0.6) is 0 Å². The minimum Gasteiger partial charge on any atom is -0.383 e. The molecule has 0 radical (unpaired) electrons. The first-order valence-electron chi connectivity index (χ1n) is 5.99. The SMILES string of the molecule is COCCNC(=O)C(C)NC(C)c1csc(C)n1. The fraction of sp³-hybridized carbons (Fsp3) is 0.667. The molecule has 2 atom stereocenters. The van der Waals surface area contributed by atoms with Gasteiger partial charge in [-0.25, -0.2) is 4.98 Å². The van der Waals surface area contributed by atoms with Crippen molar-refractivity contribution in [3.05, 3.63) is 16.1 Å². The van der Waals surface area contributed by atoms with Gasteiger partial charge in [0, 0.05) is 25.1 Å². The number of aryl methyl sites for hydroxylation is 1. The lowest BCUT2D eigenvalue weighted by atomic mass is 10.2. The fourth-order valence-electron chi connectivity index (χ4n) is 1.54. The van der Waals surface area contributed by atoms with Crippen molar-refractivity contribution in [2.45, 2.75) is 32.9 Å². The summed E-state index contributed by atoms with van der Waals surface area (Å²) in [5, 5.41) is 9.08. The summed E-state index contributed by atoms with van der Waals surface area (Å²) in [6.07, 6.45) is 0. The minimum absolute atomic E-state index is 0.0224. The predicted octanol–water partition coefficient (Wildman–Crippen LogP) is 1.25. The molecular weight excluding hydrogens is 250 g/mol. The Morgan fingerprint density at radius 2 is 2.28 bits per heavy atom. The molecule has 0 aromatic carbocycles. The van der Waals surface area contributed by atoms with Crippen LogP contribution in [0.3, 0.4) is 0 Å². The van der Waals surface area contributed by atoms with E-state index in [2.05, 4.69) is 15.6 Å². The highest BCUT2D eigenvalue weighted by Gasteiger charge is 2.17. The molecule has 2 N–H and O–H groups in total. The van der Waals surface area contributed by atoms with Gasteiger partial charge in [0.2, 0.25) is 5.91 Å². The van der Waals surface area contributed by atoms with Gasteiger partial charge in [-0.1, -0.05) is 0 Å². The van der Waals surface area contributed by atoms with Crippen molar-refractivity contribution in [3.8, 4) is 0 Å². The van der Waals surface area contributed by atoms with Crippen molar-refractivity contribution in [2.75, 3.05) is 20.3 Å². The summed E-state index contributed by atoms with van der Waals surface area (Å²) < 4.78 is 4.88. The number of amides is 1. The van der Waals surface area contributed by atoms with Crippen LogP contribution in [0.25, 0.3) is 0 Å². The molecule has 5 nitrogen and oxygen atoms in total. The number of carbonyl (C=O) groups excluding carboxylic acids is 1. The normalized spacial score (nSPS) is 14.2. The number of nitrogens with one attached hydrogen (secondary N) is 2. The van der Waals surface area contributed by atoms with Crippen LogP contribution in [-0.4, -0.2) is 37.2 Å². The van der Waals surface area contributed by atoms with Crippen molar-refractivity contribution in [2.24, 2.45) is 0 Å². The van der Waals surface area contributed by atoms with E-state index in [-0.39, 0.29) is 18.0 Å². The quantitative estimate of drug-likeness (QED) is 0.733. The van der Waals surface area contributed by atoms with Crippen molar-refractivity contribution in [3.63, 3.8) is 0 Å². The molecule has 0 aliphatic heterocycles. The van der Waals surface area contributed by atoms with E-state index in [1.54, 1.807) is 18.4 Å². The summed E-state index contributed by atoms with van der Waals surface area (Å²) in [6.45, 7) is 6.89. The second kappa shape index (κ2) is 7.45. The molecular formula is C12H21N3O2S. The Bertz CT molecular complexity index is 381. The van der Waals surface area contributed by atoms with Crippen LogP contribution in [0.4, 0.5) is 0 Å². The van der Waals surface area contributed by atoms with Crippen LogP contribution in [0.15, 0.2) is 5.38 Å². The molecule has 2 unspecified atom stereocenters. The Morgan fingerprint density at radius 1 is 1.56 bits per heavy atom. The van der Waals surface area contributed by atoms with Crippen LogP contribution >= 0.6 is 11.3 Å². The number of nitrogens with zero attached hydrogens (tertiary/aromatic N) is 1. The molecule has 0 spiro atoms. The molecule has 1 heterocycles. The van der Waals surface area contributed by atoms with Gasteiger partial charge in [0.1, 0.15) is 0 Å². The number of carbonyl (C=O) groups is 1. The highest BCUT2D eigenvalue weighted by Crippen LogP contribution is 2.16. The van der Waals surface area contributed by atoms with Crippen LogP contribution in [0, 0.1) is 6.92 Å². The van der Waals surface area contributed by atoms with E-state index in [0.717, 1.165) is 10.7 Å². The Morgan fingerprint density at radius 3 is 2.83 bits per heavy atom. The molecule has 18 heavy (non-hydrogen) atoms. The van der Waals surface area contributed by atoms with E-state index in [4.69, 9.17) is 4.74 Å². The summed E-state index contributed by atoms with van der Waals surface area (Å²) >= 11 is 1.62. The van der Waals surface area contributed by atoms with Gasteiger partial charge in [-0.05, 0) is 20.8 Å². The van der Waals surface area contributed by atoms with Gasteiger partial charge in [-0.15, -0.1) is 11.3 Å². The Hall–Kier alpha value is -0.980. The zero-order valence-corrected chi connectivity index (χ0v) is 12.1. The molecule has 0 aliphatic carbocycles. The summed E-state index contributed by atoms with van der Waals surface area (Å²) in [7, 11) is 1.61. The first-order valence-corrected chi connectivity index (χ1v) is 6.87. The lowest BCUT2D eigenvalue weighted by Gasteiger charge is -2.18. The molecule has 1 aromatic heterocycles. The van der Waals surface area contributed by atoms with E-state index >= 15 is 0 Å². The average molecular weight is 271 g/mol. The van der Waals surface area contributed by atoms with Crippen molar-refractivity contribution < 1.29 is 9.53 Å². The molecule has 102 valence electrons. The van der Waals surface area contributed by atoms with Gasteiger partial charge >= 0.3 is 0 Å². The van der Waals surface area contributed by atoms with Crippen molar-refractivity contribution >= 4 is 17.2 Å². The lowest BCUT2D eigenvalue weighted by molar-refractivity contribution is -0.123. The molecule has 1 amide bonds. The monoisotopic (exact) mass is 271 g/mol. The van der Waals surface area contributed by atoms with E-state index in [1.165, 1.54) is 0 Å². The van der Waals surface area contributed by atoms with Crippen molar-refractivity contribution in [1.29, 1.82) is 0 Å². The zero-order chi connectivity index (χ0) is 13.5. The first-order chi connectivity index (χ1) is 8.54. The summed E-state index contributed by atoms with van der Waals surface area (Å²) in [6, 6.07) is -0.183. The van der Waals surface area contributed by atoms with Gasteiger partial charge in [0.25, 0.3) is 0 Å². The molecule has 1 rings (SSSR count). The minimum atomic E-state index is -0.251. The lowest BCUT2D eigenvalue weighted by Crippen LogP contribution is -2.44. The molecule has 0 fully saturated rings. The topological polar surface area (TPSA) is 63.2 Å². The molecule has 0 bridgehead atoms. The highest BCUT2D eigenvalue weighted by atomic mass is 32.1. The number of aromatic nitrogens is 1. The summed E-state index contributed by atoms with van der Waals surface area (Å²) in [4.78, 5) is 16.1. The molecule has 0 saturated carbocycles. The maximum atomic E-state index is 11.7. The van der Waals surface area contributed by atoms with Crippen LogP contribution in [0.2, 0.25) is 0 Å². The Labute approximate surface area is 112 Å². The molecule has 6 heteroatoms. The van der Waals surface area contributed by atoms with Crippen LogP contribution in [0.1, 0.15) is 30.6 Å². The standard InChI is InChI=1S/C12H21N3O2S/c1-8(11-7-18-10(3)15-11)14-9(2)12(16)13-5-6-17-4/h7-9,14H,5-6H2,1-4H3,(H,13,16). The molecule has 0 saturated heterocycles. The largest absolute Gasteiger partial charge is 0.383 e. The van der Waals surface area contributed by atoms with Gasteiger partial charge in [-0.3, -0.25) is 10.1 Å². The number of thiazole rings is 1. The van der Waals surface area contributed by atoms with Gasteiger partial charge in [0.05, 0.1) is 23.4 Å². The van der Waals surface area contributed by atoms with E-state index in [9.17, 15) is 4.79 Å². The molecule has 0 aliphatic rings. The summed E-state index contributed by atoms with van der Waals surface area (Å²) in [5.74, 6) is -0.0224. The van der Waals surface area contributed by atoms with Gasteiger partial charge in [-0.2, -0.15) is 0 Å². The fourth-order valence-corrected chi connectivity index (χ4v) is 2.25. The third-order valence-corrected chi connectivity index (χ3v) is 3.37. The maximum absolute atomic E-state index is 11.7. The summed E-state index contributed by atoms with van der Waals surface area (Å²) in [5.41, 5.74) is 0.981. The highest BCUT2D eigenvalue weighted by molar-refractivity contribution is 7.09. The maximum Gasteiger partial charge on any atom is 0.236 e. The van der Waals surface area contributed by atoms with E-state index in [1.807, 2.05) is 26.2 Å². The predicted molar refractivity (Wildman–Crippen MR) is 72.7 cm³/mol. The second-order valence-electron chi connectivity index (χ2n) is 4.19. The first kappa shape index (κ1) is 15.1.